The first kappa shape index (κ1) is 26.6. The lowest BCUT2D eigenvalue weighted by Gasteiger charge is -2.19. The van der Waals surface area contributed by atoms with Crippen molar-refractivity contribution in [1.29, 1.82) is 0 Å². The summed E-state index contributed by atoms with van der Waals surface area (Å²) in [6, 6.07) is 49.6. The second kappa shape index (κ2) is 9.63. The summed E-state index contributed by atoms with van der Waals surface area (Å²) in [6.07, 6.45) is 0. The van der Waals surface area contributed by atoms with Crippen molar-refractivity contribution >= 4 is 109 Å². The summed E-state index contributed by atoms with van der Waals surface area (Å²) in [4.78, 5) is 0. The molecule has 12 aromatic rings. The minimum atomic E-state index is 0.822. The molecule has 50 heavy (non-hydrogen) atoms. The number of para-hydroxylation sites is 3. The van der Waals surface area contributed by atoms with E-state index >= 15 is 0 Å². The number of hydrogen-bond acceptors (Lipinski definition) is 4. The van der Waals surface area contributed by atoms with Crippen molar-refractivity contribution in [2.45, 2.75) is 0 Å². The standard InChI is InChI=1S/C46H24O3S/c1-3-13-28-26(11-1)42(33-17-9-16-30-35-22-34-25-10-5-7-18-36(25)47-38(34)23-39(35)49-46(30)33)27-12-2-4-14-29(27)43(28)45-32-20-21-50-41(32)24-40-44(45)31-15-6-8-19-37(31)48-40/h1-24H. The third-order valence-corrected chi connectivity index (χ3v) is 11.4. The van der Waals surface area contributed by atoms with E-state index in [-0.39, 0.29) is 0 Å². The number of thiophene rings is 1. The van der Waals surface area contributed by atoms with Crippen molar-refractivity contribution < 1.29 is 13.3 Å². The van der Waals surface area contributed by atoms with Gasteiger partial charge in [0.25, 0.3) is 0 Å². The van der Waals surface area contributed by atoms with Gasteiger partial charge in [-0.1, -0.05) is 103 Å². The molecular weight excluding hydrogens is 633 g/mol. The van der Waals surface area contributed by atoms with E-state index in [1.807, 2.05) is 18.2 Å². The molecule has 0 saturated heterocycles. The van der Waals surface area contributed by atoms with Crippen LogP contribution in [0.1, 0.15) is 0 Å². The van der Waals surface area contributed by atoms with Crippen LogP contribution in [-0.4, -0.2) is 0 Å². The summed E-state index contributed by atoms with van der Waals surface area (Å²) in [6.45, 7) is 0. The molecule has 12 rings (SSSR count). The molecule has 0 radical (unpaired) electrons. The molecule has 0 fully saturated rings. The molecule has 0 spiro atoms. The lowest BCUT2D eigenvalue weighted by Crippen LogP contribution is -1.92. The Morgan fingerprint density at radius 1 is 0.340 bits per heavy atom. The zero-order valence-corrected chi connectivity index (χ0v) is 27.3. The maximum Gasteiger partial charge on any atom is 0.143 e. The van der Waals surface area contributed by atoms with E-state index in [0.717, 1.165) is 71.4 Å². The van der Waals surface area contributed by atoms with Gasteiger partial charge < -0.3 is 13.3 Å². The molecule has 3 nitrogen and oxygen atoms in total. The van der Waals surface area contributed by atoms with Crippen LogP contribution in [-0.2, 0) is 0 Å². The highest BCUT2D eigenvalue weighted by molar-refractivity contribution is 7.17. The Morgan fingerprint density at radius 2 is 0.920 bits per heavy atom. The van der Waals surface area contributed by atoms with Crippen LogP contribution >= 0.6 is 11.3 Å². The average Bonchev–Trinajstić information content (AvgIpc) is 3.94. The quantitative estimate of drug-likeness (QED) is 0.174. The molecule has 4 heterocycles. The van der Waals surface area contributed by atoms with E-state index in [1.165, 1.54) is 48.3 Å². The molecule has 0 saturated carbocycles. The molecule has 0 aliphatic carbocycles. The topological polar surface area (TPSA) is 39.4 Å². The van der Waals surface area contributed by atoms with Crippen molar-refractivity contribution in [2.24, 2.45) is 0 Å². The summed E-state index contributed by atoms with van der Waals surface area (Å²) in [5.41, 5.74) is 9.94. The zero-order chi connectivity index (χ0) is 32.5. The van der Waals surface area contributed by atoms with Crippen molar-refractivity contribution in [2.75, 3.05) is 0 Å². The summed E-state index contributed by atoms with van der Waals surface area (Å²) in [5, 5.41) is 14.9. The summed E-state index contributed by atoms with van der Waals surface area (Å²) in [7, 11) is 0. The van der Waals surface area contributed by atoms with Crippen molar-refractivity contribution in [1.82, 2.24) is 0 Å². The van der Waals surface area contributed by atoms with E-state index in [1.54, 1.807) is 11.3 Å². The third kappa shape index (κ3) is 3.43. The Labute approximate surface area is 288 Å². The maximum absolute atomic E-state index is 6.83. The van der Waals surface area contributed by atoms with Crippen molar-refractivity contribution in [3.63, 3.8) is 0 Å². The van der Waals surface area contributed by atoms with Crippen LogP contribution in [0.15, 0.2) is 158 Å². The van der Waals surface area contributed by atoms with Gasteiger partial charge in [0.05, 0.1) is 0 Å². The van der Waals surface area contributed by atoms with Crippen LogP contribution in [0, 0.1) is 0 Å². The third-order valence-electron chi connectivity index (χ3n) is 10.5. The molecule has 8 aromatic carbocycles. The molecule has 0 amide bonds. The van der Waals surface area contributed by atoms with Gasteiger partial charge >= 0.3 is 0 Å². The molecule has 4 heteroatoms. The van der Waals surface area contributed by atoms with Crippen molar-refractivity contribution in [3.8, 4) is 22.3 Å². The normalized spacial score (nSPS) is 12.4. The fraction of sp³-hybridized carbons (Fsp3) is 0. The molecule has 4 aromatic heterocycles. The largest absolute Gasteiger partial charge is 0.456 e. The van der Waals surface area contributed by atoms with Gasteiger partial charge in [-0.05, 0) is 62.8 Å². The van der Waals surface area contributed by atoms with Crippen LogP contribution in [0.3, 0.4) is 0 Å². The van der Waals surface area contributed by atoms with Gasteiger partial charge in [0.1, 0.15) is 33.5 Å². The zero-order valence-electron chi connectivity index (χ0n) is 26.5. The highest BCUT2D eigenvalue weighted by atomic mass is 32.1. The van der Waals surface area contributed by atoms with Crippen LogP contribution in [0.2, 0.25) is 0 Å². The lowest BCUT2D eigenvalue weighted by atomic mass is 9.83. The summed E-state index contributed by atoms with van der Waals surface area (Å²) < 4.78 is 20.8. The van der Waals surface area contributed by atoms with Crippen LogP contribution in [0.4, 0.5) is 0 Å². The highest BCUT2D eigenvalue weighted by Gasteiger charge is 2.24. The highest BCUT2D eigenvalue weighted by Crippen LogP contribution is 2.51. The molecule has 0 aliphatic rings. The van der Waals surface area contributed by atoms with Gasteiger partial charge in [0, 0.05) is 65.2 Å². The molecule has 0 aliphatic heterocycles. The van der Waals surface area contributed by atoms with E-state index in [9.17, 15) is 0 Å². The minimum Gasteiger partial charge on any atom is -0.456 e. The predicted molar refractivity (Wildman–Crippen MR) is 210 cm³/mol. The summed E-state index contributed by atoms with van der Waals surface area (Å²) in [5.74, 6) is 0. The van der Waals surface area contributed by atoms with Gasteiger partial charge in [-0.3, -0.25) is 0 Å². The summed E-state index contributed by atoms with van der Waals surface area (Å²) >= 11 is 1.76. The monoisotopic (exact) mass is 656 g/mol. The number of furan rings is 3. The predicted octanol–water partition coefficient (Wildman–Crippen LogP) is 14.2. The van der Waals surface area contributed by atoms with E-state index in [0.29, 0.717) is 0 Å². The lowest BCUT2D eigenvalue weighted by molar-refractivity contribution is 0.656. The first-order valence-electron chi connectivity index (χ1n) is 16.8. The van der Waals surface area contributed by atoms with Gasteiger partial charge in [-0.2, -0.15) is 0 Å². The maximum atomic E-state index is 6.83. The van der Waals surface area contributed by atoms with Crippen LogP contribution < -0.4 is 0 Å². The van der Waals surface area contributed by atoms with E-state index < -0.39 is 0 Å². The molecule has 0 unspecified atom stereocenters. The van der Waals surface area contributed by atoms with Gasteiger partial charge in [0.15, 0.2) is 0 Å². The number of hydrogen-bond donors (Lipinski definition) is 0. The number of fused-ring (bicyclic) bond motifs is 12. The Balaban J connectivity index is 1.22. The second-order valence-corrected chi connectivity index (χ2v) is 14.1. The first-order chi connectivity index (χ1) is 24.8. The fourth-order valence-electron chi connectivity index (χ4n) is 8.48. The van der Waals surface area contributed by atoms with Gasteiger partial charge in [-0.15, -0.1) is 11.3 Å². The van der Waals surface area contributed by atoms with Crippen LogP contribution in [0.5, 0.6) is 0 Å². The van der Waals surface area contributed by atoms with Crippen molar-refractivity contribution in [3.05, 3.63) is 145 Å². The molecule has 0 atom stereocenters. The second-order valence-electron chi connectivity index (χ2n) is 13.1. The Morgan fingerprint density at radius 3 is 1.68 bits per heavy atom. The Hall–Kier alpha value is -6.36. The van der Waals surface area contributed by atoms with E-state index in [2.05, 4.69) is 127 Å². The average molecular weight is 657 g/mol. The van der Waals surface area contributed by atoms with E-state index in [4.69, 9.17) is 13.3 Å². The number of rotatable bonds is 2. The molecule has 232 valence electrons. The molecular formula is C46H24O3S. The van der Waals surface area contributed by atoms with Crippen LogP contribution in [0.25, 0.3) is 120 Å². The number of benzene rings is 8. The SMILES string of the molecule is c1ccc2c(c1)oc1cc3oc4c(-c5c6ccccc6c(-c6c7ccsc7cc7oc8ccccc8c67)c6ccccc56)cccc4c3cc12. The smallest absolute Gasteiger partial charge is 0.143 e. The minimum absolute atomic E-state index is 0.822. The molecule has 0 N–H and O–H groups in total. The first-order valence-corrected chi connectivity index (χ1v) is 17.7. The Bertz CT molecular complexity index is 3330. The fourth-order valence-corrected chi connectivity index (χ4v) is 9.30. The molecule has 0 bridgehead atoms. The van der Waals surface area contributed by atoms with Gasteiger partial charge in [-0.25, -0.2) is 0 Å². The van der Waals surface area contributed by atoms with Gasteiger partial charge in [0.2, 0.25) is 0 Å². The Kier molecular flexibility index (Phi) is 5.12.